The summed E-state index contributed by atoms with van der Waals surface area (Å²) in [6, 6.07) is 5.13. The molecule has 26 heavy (non-hydrogen) atoms. The molecular formula is C16H18N6O2S2. The maximum atomic E-state index is 11.5. The van der Waals surface area contributed by atoms with Gasteiger partial charge in [-0.1, -0.05) is 0 Å². The van der Waals surface area contributed by atoms with Gasteiger partial charge in [0, 0.05) is 28.9 Å². The first kappa shape index (κ1) is 17.1. The highest BCUT2D eigenvalue weighted by molar-refractivity contribution is 7.91. The summed E-state index contributed by atoms with van der Waals surface area (Å²) in [4.78, 5) is 9.68. The summed E-state index contributed by atoms with van der Waals surface area (Å²) in [7, 11) is -3.73. The van der Waals surface area contributed by atoms with Gasteiger partial charge in [-0.15, -0.1) is 11.3 Å². The first-order chi connectivity index (χ1) is 12.3. The minimum absolute atomic E-state index is 0.0882. The van der Waals surface area contributed by atoms with E-state index in [0.29, 0.717) is 28.3 Å². The molecule has 1 fully saturated rings. The van der Waals surface area contributed by atoms with Crippen molar-refractivity contribution in [2.45, 2.75) is 36.8 Å². The lowest BCUT2D eigenvalue weighted by molar-refractivity contribution is 0.600. The van der Waals surface area contributed by atoms with Crippen LogP contribution in [0.25, 0.3) is 10.7 Å². The Hall–Kier alpha value is -2.30. The van der Waals surface area contributed by atoms with Crippen molar-refractivity contribution >= 4 is 33.0 Å². The molecule has 0 unspecified atom stereocenters. The van der Waals surface area contributed by atoms with Crippen LogP contribution in [0.4, 0.5) is 11.6 Å². The van der Waals surface area contributed by atoms with Crippen LogP contribution in [0.2, 0.25) is 0 Å². The van der Waals surface area contributed by atoms with E-state index in [-0.39, 0.29) is 4.21 Å². The van der Waals surface area contributed by atoms with Gasteiger partial charge in [0.25, 0.3) is 0 Å². The van der Waals surface area contributed by atoms with Crippen LogP contribution in [-0.2, 0) is 10.0 Å². The Labute approximate surface area is 154 Å². The van der Waals surface area contributed by atoms with E-state index in [9.17, 15) is 8.42 Å². The highest BCUT2D eigenvalue weighted by atomic mass is 32.2. The van der Waals surface area contributed by atoms with Gasteiger partial charge >= 0.3 is 0 Å². The number of aryl methyl sites for hydroxylation is 1. The predicted octanol–water partition coefficient (Wildman–Crippen LogP) is 2.81. The van der Waals surface area contributed by atoms with Crippen molar-refractivity contribution in [1.29, 1.82) is 0 Å². The summed E-state index contributed by atoms with van der Waals surface area (Å²) in [5.74, 6) is 2.39. The van der Waals surface area contributed by atoms with Crippen LogP contribution in [-0.4, -0.2) is 28.6 Å². The zero-order valence-corrected chi connectivity index (χ0v) is 15.9. The number of hydrogen-bond acceptors (Lipinski definition) is 7. The lowest BCUT2D eigenvalue weighted by atomic mass is 10.2. The Morgan fingerprint density at radius 1 is 1.27 bits per heavy atom. The molecule has 3 aromatic rings. The molecule has 0 saturated heterocycles. The van der Waals surface area contributed by atoms with E-state index in [2.05, 4.69) is 25.5 Å². The third-order valence-corrected chi connectivity index (χ3v) is 6.85. The number of thiophene rings is 1. The average Bonchev–Trinajstić information content (AvgIpc) is 3.10. The van der Waals surface area contributed by atoms with Gasteiger partial charge in [-0.2, -0.15) is 5.10 Å². The molecule has 1 saturated carbocycles. The van der Waals surface area contributed by atoms with Gasteiger partial charge in [0.1, 0.15) is 10.0 Å². The van der Waals surface area contributed by atoms with Crippen molar-refractivity contribution in [3.63, 3.8) is 0 Å². The molecule has 3 aromatic heterocycles. The third-order valence-electron chi connectivity index (χ3n) is 4.33. The topological polar surface area (TPSA) is 127 Å². The molecule has 3 heterocycles. The monoisotopic (exact) mass is 390 g/mol. The van der Waals surface area contributed by atoms with Gasteiger partial charge in [-0.05, 0) is 38.8 Å². The van der Waals surface area contributed by atoms with Crippen molar-refractivity contribution in [1.82, 2.24) is 20.2 Å². The smallest absolute Gasteiger partial charge is 0.247 e. The zero-order chi connectivity index (χ0) is 18.5. The quantitative estimate of drug-likeness (QED) is 0.615. The van der Waals surface area contributed by atoms with E-state index >= 15 is 0 Å². The fourth-order valence-electron chi connectivity index (χ4n) is 2.58. The van der Waals surface area contributed by atoms with Crippen molar-refractivity contribution in [2.75, 3.05) is 5.32 Å². The van der Waals surface area contributed by atoms with E-state index in [0.717, 1.165) is 28.3 Å². The summed E-state index contributed by atoms with van der Waals surface area (Å²) in [6.45, 7) is 3.82. The molecule has 0 spiro atoms. The number of anilines is 2. The molecule has 0 amide bonds. The SMILES string of the molecule is Cc1nc(-c2ccc(S(N)(=O)=O)s2)nc(Nc2cc(C3CC3)[nH]n2)c1C. The van der Waals surface area contributed by atoms with Gasteiger partial charge in [0.15, 0.2) is 11.6 Å². The van der Waals surface area contributed by atoms with Crippen LogP contribution in [0.1, 0.15) is 35.7 Å². The molecule has 0 radical (unpaired) electrons. The standard InChI is InChI=1S/C16H18N6O2S2/c1-8-9(2)18-16(12-5-6-14(25-12)26(17,23)24)20-15(8)19-13-7-11(21-22-13)10-3-4-10/h5-7,10H,3-4H2,1-2H3,(H2,17,23,24)(H2,18,19,20,21,22). The Bertz CT molecular complexity index is 1080. The maximum absolute atomic E-state index is 11.5. The number of primary sulfonamides is 1. The molecule has 4 N–H and O–H groups in total. The summed E-state index contributed by atoms with van der Waals surface area (Å²) in [5, 5.41) is 15.8. The van der Waals surface area contributed by atoms with Crippen LogP contribution >= 0.6 is 11.3 Å². The lowest BCUT2D eigenvalue weighted by Gasteiger charge is -2.10. The van der Waals surface area contributed by atoms with Gasteiger partial charge in [0.2, 0.25) is 10.0 Å². The fraction of sp³-hybridized carbons (Fsp3) is 0.312. The first-order valence-electron chi connectivity index (χ1n) is 8.12. The van der Waals surface area contributed by atoms with Crippen molar-refractivity contribution < 1.29 is 8.42 Å². The van der Waals surface area contributed by atoms with E-state index in [4.69, 9.17) is 5.14 Å². The molecule has 136 valence electrons. The van der Waals surface area contributed by atoms with E-state index in [1.54, 1.807) is 6.07 Å². The van der Waals surface area contributed by atoms with Crippen LogP contribution in [0, 0.1) is 13.8 Å². The molecule has 4 rings (SSSR count). The predicted molar refractivity (Wildman–Crippen MR) is 100 cm³/mol. The summed E-state index contributed by atoms with van der Waals surface area (Å²) in [5.41, 5.74) is 2.85. The number of nitrogens with two attached hydrogens (primary N) is 1. The summed E-state index contributed by atoms with van der Waals surface area (Å²) in [6.07, 6.45) is 2.39. The molecule has 1 aliphatic carbocycles. The van der Waals surface area contributed by atoms with Crippen LogP contribution in [0.15, 0.2) is 22.4 Å². The zero-order valence-electron chi connectivity index (χ0n) is 14.3. The Morgan fingerprint density at radius 3 is 2.69 bits per heavy atom. The van der Waals surface area contributed by atoms with Crippen molar-refractivity contribution in [3.8, 4) is 10.7 Å². The summed E-state index contributed by atoms with van der Waals surface area (Å²) < 4.78 is 23.1. The van der Waals surface area contributed by atoms with E-state index in [1.165, 1.54) is 18.9 Å². The van der Waals surface area contributed by atoms with Crippen LogP contribution < -0.4 is 10.5 Å². The number of nitrogens with zero attached hydrogens (tertiary/aromatic N) is 3. The minimum atomic E-state index is -3.73. The summed E-state index contributed by atoms with van der Waals surface area (Å²) >= 11 is 1.05. The Balaban J connectivity index is 1.67. The second-order valence-electron chi connectivity index (χ2n) is 6.38. The second-order valence-corrected chi connectivity index (χ2v) is 9.25. The van der Waals surface area contributed by atoms with Gasteiger partial charge in [-0.3, -0.25) is 5.10 Å². The lowest BCUT2D eigenvalue weighted by Crippen LogP contribution is -2.09. The number of sulfonamides is 1. The van der Waals surface area contributed by atoms with E-state index < -0.39 is 10.0 Å². The second kappa shape index (κ2) is 6.15. The van der Waals surface area contributed by atoms with Gasteiger partial charge in [0.05, 0.1) is 4.88 Å². The molecule has 8 nitrogen and oxygen atoms in total. The molecular weight excluding hydrogens is 372 g/mol. The van der Waals surface area contributed by atoms with Gasteiger partial charge in [-0.25, -0.2) is 23.5 Å². The number of H-pyrrole nitrogens is 1. The largest absolute Gasteiger partial charge is 0.323 e. The number of hydrogen-bond donors (Lipinski definition) is 3. The van der Waals surface area contributed by atoms with Crippen molar-refractivity contribution in [3.05, 3.63) is 35.2 Å². The number of nitrogens with one attached hydrogen (secondary N) is 2. The number of aromatic nitrogens is 4. The molecule has 0 aromatic carbocycles. The minimum Gasteiger partial charge on any atom is -0.323 e. The molecule has 0 aliphatic heterocycles. The first-order valence-corrected chi connectivity index (χ1v) is 10.5. The highest BCUT2D eigenvalue weighted by Crippen LogP contribution is 2.39. The fourth-order valence-corrected chi connectivity index (χ4v) is 4.24. The molecule has 0 bridgehead atoms. The molecule has 1 aliphatic rings. The Morgan fingerprint density at radius 2 is 2.04 bits per heavy atom. The number of rotatable bonds is 5. The van der Waals surface area contributed by atoms with Crippen LogP contribution in [0.3, 0.4) is 0 Å². The van der Waals surface area contributed by atoms with Crippen molar-refractivity contribution in [2.24, 2.45) is 5.14 Å². The molecule has 0 atom stereocenters. The highest BCUT2D eigenvalue weighted by Gasteiger charge is 2.25. The third kappa shape index (κ3) is 3.35. The molecule has 10 heteroatoms. The normalized spacial score (nSPS) is 14.6. The van der Waals surface area contributed by atoms with E-state index in [1.807, 2.05) is 19.9 Å². The maximum Gasteiger partial charge on any atom is 0.247 e. The van der Waals surface area contributed by atoms with Gasteiger partial charge < -0.3 is 5.32 Å². The Kier molecular flexibility index (Phi) is 4.05. The number of aromatic amines is 1. The average molecular weight is 390 g/mol. The van der Waals surface area contributed by atoms with Crippen LogP contribution in [0.5, 0.6) is 0 Å².